The lowest BCUT2D eigenvalue weighted by Gasteiger charge is -2.07. The monoisotopic (exact) mass is 468 g/mol. The van der Waals surface area contributed by atoms with Crippen LogP contribution in [-0.2, 0) is 4.79 Å². The van der Waals surface area contributed by atoms with Crippen LogP contribution in [-0.4, -0.2) is 24.2 Å². The maximum absolute atomic E-state index is 12.8. The van der Waals surface area contributed by atoms with Crippen molar-refractivity contribution in [1.82, 2.24) is 10.6 Å². The highest BCUT2D eigenvalue weighted by Gasteiger charge is 2.27. The third-order valence-corrected chi connectivity index (χ3v) is 5.51. The van der Waals surface area contributed by atoms with Crippen molar-refractivity contribution < 1.29 is 9.59 Å². The van der Waals surface area contributed by atoms with E-state index in [9.17, 15) is 14.9 Å². The molecule has 0 saturated carbocycles. The fraction of sp³-hybridized carbons (Fsp3) is 0.250. The van der Waals surface area contributed by atoms with Gasteiger partial charge in [0.05, 0.1) is 16.3 Å². The largest absolute Gasteiger partial charge is 0.351 e. The van der Waals surface area contributed by atoms with Gasteiger partial charge in [0.15, 0.2) is 0 Å². The van der Waals surface area contributed by atoms with E-state index in [4.69, 9.17) is 23.2 Å². The Bertz CT molecular complexity index is 1150. The normalized spacial score (nSPS) is 13.6. The van der Waals surface area contributed by atoms with Gasteiger partial charge in [-0.2, -0.15) is 5.26 Å². The van der Waals surface area contributed by atoms with Crippen molar-refractivity contribution in [3.05, 3.63) is 74.8 Å². The smallest absolute Gasteiger partial charge is 0.264 e. The van der Waals surface area contributed by atoms with E-state index < -0.39 is 11.8 Å². The Morgan fingerprint density at radius 2 is 1.81 bits per heavy atom. The van der Waals surface area contributed by atoms with E-state index in [1.807, 2.05) is 6.07 Å². The molecule has 2 amide bonds. The number of hydrogen-bond acceptors (Lipinski definition) is 4. The molecule has 2 aromatic rings. The van der Waals surface area contributed by atoms with Gasteiger partial charge in [-0.25, -0.2) is 4.99 Å². The van der Waals surface area contributed by atoms with Gasteiger partial charge < -0.3 is 10.6 Å². The number of amides is 2. The van der Waals surface area contributed by atoms with E-state index in [1.54, 1.807) is 30.3 Å². The van der Waals surface area contributed by atoms with Gasteiger partial charge in [0, 0.05) is 22.7 Å². The summed E-state index contributed by atoms with van der Waals surface area (Å²) in [5.41, 5.74) is 1.58. The number of benzene rings is 2. The van der Waals surface area contributed by atoms with Gasteiger partial charge in [-0.1, -0.05) is 73.7 Å². The Labute approximate surface area is 196 Å². The fourth-order valence-electron chi connectivity index (χ4n) is 3.32. The maximum atomic E-state index is 12.8. The molecule has 3 rings (SSSR count). The van der Waals surface area contributed by atoms with Crippen LogP contribution in [0, 0.1) is 11.3 Å². The highest BCUT2D eigenvalue weighted by molar-refractivity contribution is 6.37. The predicted molar refractivity (Wildman–Crippen MR) is 127 cm³/mol. The van der Waals surface area contributed by atoms with Crippen LogP contribution >= 0.6 is 23.2 Å². The fourth-order valence-corrected chi connectivity index (χ4v) is 3.81. The second kappa shape index (κ2) is 10.9. The zero-order valence-corrected chi connectivity index (χ0v) is 19.1. The highest BCUT2D eigenvalue weighted by Crippen LogP contribution is 2.31. The number of nitriles is 1. The van der Waals surface area contributed by atoms with Crippen molar-refractivity contribution >= 4 is 46.5 Å². The summed E-state index contributed by atoms with van der Waals surface area (Å²) < 4.78 is 0. The number of carbonyl (C=O) groups excluding carboxylic acids is 2. The molecule has 2 N–H and O–H groups in total. The van der Waals surface area contributed by atoms with E-state index in [0.717, 1.165) is 25.7 Å². The molecule has 0 aromatic heterocycles. The van der Waals surface area contributed by atoms with Crippen LogP contribution in [0.15, 0.2) is 53.0 Å². The summed E-state index contributed by atoms with van der Waals surface area (Å²) in [6, 6.07) is 13.6. The van der Waals surface area contributed by atoms with Gasteiger partial charge in [-0.05, 0) is 24.6 Å². The molecule has 0 spiro atoms. The number of rotatable bonds is 7. The number of nitrogens with zero attached hydrogens (tertiary/aromatic N) is 2. The SMILES string of the molecule is CCCCCCNC(=O)/C(C#N)=C1\N=C(NC(=O)c2ccc(Cl)cc2Cl)c2ccccc21. The summed E-state index contributed by atoms with van der Waals surface area (Å²) in [5.74, 6) is -0.707. The van der Waals surface area contributed by atoms with E-state index in [1.165, 1.54) is 12.1 Å². The van der Waals surface area contributed by atoms with Crippen molar-refractivity contribution in [2.75, 3.05) is 6.54 Å². The van der Waals surface area contributed by atoms with Crippen LogP contribution in [0.5, 0.6) is 0 Å². The van der Waals surface area contributed by atoms with Gasteiger partial charge in [0.1, 0.15) is 17.5 Å². The molecule has 6 nitrogen and oxygen atoms in total. The molecule has 0 saturated heterocycles. The number of unbranched alkanes of at least 4 members (excludes halogenated alkanes) is 3. The van der Waals surface area contributed by atoms with Gasteiger partial charge in [-0.3, -0.25) is 9.59 Å². The number of halogens is 2. The summed E-state index contributed by atoms with van der Waals surface area (Å²) in [6.07, 6.45) is 4.05. The lowest BCUT2D eigenvalue weighted by Crippen LogP contribution is -2.30. The molecule has 1 aliphatic rings. The van der Waals surface area contributed by atoms with Crippen molar-refractivity contribution in [3.63, 3.8) is 0 Å². The minimum atomic E-state index is -0.481. The van der Waals surface area contributed by atoms with Crippen LogP contribution in [0.1, 0.15) is 54.1 Å². The molecule has 1 aliphatic heterocycles. The van der Waals surface area contributed by atoms with Crippen LogP contribution in [0.3, 0.4) is 0 Å². The van der Waals surface area contributed by atoms with E-state index in [0.29, 0.717) is 22.7 Å². The Morgan fingerprint density at radius 1 is 1.06 bits per heavy atom. The molecule has 0 fully saturated rings. The topological polar surface area (TPSA) is 94.3 Å². The first-order valence-electron chi connectivity index (χ1n) is 10.3. The molecule has 0 radical (unpaired) electrons. The minimum Gasteiger partial charge on any atom is -0.351 e. The van der Waals surface area contributed by atoms with Crippen molar-refractivity contribution in [1.29, 1.82) is 5.26 Å². The van der Waals surface area contributed by atoms with E-state index in [2.05, 4.69) is 22.5 Å². The van der Waals surface area contributed by atoms with Crippen molar-refractivity contribution in [2.24, 2.45) is 4.99 Å². The van der Waals surface area contributed by atoms with Gasteiger partial charge in [0.25, 0.3) is 11.8 Å². The first kappa shape index (κ1) is 23.5. The summed E-state index contributed by atoms with van der Waals surface area (Å²) >= 11 is 12.0. The van der Waals surface area contributed by atoms with Gasteiger partial charge in [-0.15, -0.1) is 0 Å². The number of fused-ring (bicyclic) bond motifs is 1. The number of hydrogen-bond donors (Lipinski definition) is 2. The number of amidine groups is 1. The van der Waals surface area contributed by atoms with Crippen molar-refractivity contribution in [2.45, 2.75) is 32.6 Å². The molecular formula is C24H22Cl2N4O2. The minimum absolute atomic E-state index is 0.0956. The van der Waals surface area contributed by atoms with Crippen LogP contribution in [0.2, 0.25) is 10.0 Å². The standard InChI is InChI=1S/C24H22Cl2N4O2/c1-2-3-4-7-12-28-23(31)19(14-27)21-16-8-5-6-9-17(16)22(29-21)30-24(32)18-11-10-15(25)13-20(18)26/h5-6,8-11,13H,2-4,7,12H2,1H3,(H,28,31)(H,29,30,32)/b21-19-. The number of carbonyl (C=O) groups is 2. The van der Waals surface area contributed by atoms with Crippen LogP contribution in [0.25, 0.3) is 5.70 Å². The summed E-state index contributed by atoms with van der Waals surface area (Å²) in [5, 5.41) is 15.8. The van der Waals surface area contributed by atoms with Crippen LogP contribution in [0.4, 0.5) is 0 Å². The van der Waals surface area contributed by atoms with Gasteiger partial charge >= 0.3 is 0 Å². The van der Waals surface area contributed by atoms with E-state index in [-0.39, 0.29) is 27.7 Å². The average molecular weight is 469 g/mol. The maximum Gasteiger partial charge on any atom is 0.264 e. The number of nitrogens with one attached hydrogen (secondary N) is 2. The summed E-state index contributed by atoms with van der Waals surface area (Å²) in [7, 11) is 0. The second-order valence-corrected chi connectivity index (χ2v) is 8.08. The highest BCUT2D eigenvalue weighted by atomic mass is 35.5. The molecule has 0 bridgehead atoms. The third-order valence-electron chi connectivity index (χ3n) is 4.96. The quantitative estimate of drug-likeness (QED) is 0.335. The van der Waals surface area contributed by atoms with E-state index >= 15 is 0 Å². The lowest BCUT2D eigenvalue weighted by molar-refractivity contribution is -0.117. The Hall–Kier alpha value is -3.14. The Balaban J connectivity index is 1.87. The first-order chi connectivity index (χ1) is 15.5. The molecule has 1 heterocycles. The molecule has 2 aromatic carbocycles. The first-order valence-corrected chi connectivity index (χ1v) is 11.1. The molecule has 8 heteroatoms. The zero-order chi connectivity index (χ0) is 23.1. The second-order valence-electron chi connectivity index (χ2n) is 7.24. The molecule has 32 heavy (non-hydrogen) atoms. The number of aliphatic imine (C=N–C) groups is 1. The predicted octanol–water partition coefficient (Wildman–Crippen LogP) is 5.11. The van der Waals surface area contributed by atoms with Gasteiger partial charge in [0.2, 0.25) is 0 Å². The average Bonchev–Trinajstić information content (AvgIpc) is 3.12. The third kappa shape index (κ3) is 5.37. The Kier molecular flexibility index (Phi) is 8.04. The lowest BCUT2D eigenvalue weighted by atomic mass is 10.0. The molecule has 0 unspecified atom stereocenters. The van der Waals surface area contributed by atoms with Crippen LogP contribution < -0.4 is 10.6 Å². The molecular weight excluding hydrogens is 447 g/mol. The van der Waals surface area contributed by atoms with Crippen molar-refractivity contribution in [3.8, 4) is 6.07 Å². The molecule has 0 aliphatic carbocycles. The summed E-state index contributed by atoms with van der Waals surface area (Å²) in [4.78, 5) is 29.9. The summed E-state index contributed by atoms with van der Waals surface area (Å²) in [6.45, 7) is 2.60. The molecule has 164 valence electrons. The Morgan fingerprint density at radius 3 is 2.50 bits per heavy atom. The zero-order valence-electron chi connectivity index (χ0n) is 17.5. The molecule has 0 atom stereocenters.